The Morgan fingerprint density at radius 2 is 2.00 bits per heavy atom. The highest BCUT2D eigenvalue weighted by Crippen LogP contribution is 2.41. The van der Waals surface area contributed by atoms with E-state index < -0.39 is 12.3 Å². The van der Waals surface area contributed by atoms with E-state index in [2.05, 4.69) is 0 Å². The van der Waals surface area contributed by atoms with Gasteiger partial charge in [0.2, 0.25) is 6.79 Å². The Bertz CT molecular complexity index is 405. The van der Waals surface area contributed by atoms with Crippen molar-refractivity contribution >= 4 is 0 Å². The largest absolute Gasteiger partial charge is 0.454 e. The highest BCUT2D eigenvalue weighted by atomic mass is 19.1. The number of halogens is 1. The number of rotatable bonds is 0. The van der Waals surface area contributed by atoms with Gasteiger partial charge in [-0.1, -0.05) is 0 Å². The molecule has 1 aliphatic heterocycles. The van der Waals surface area contributed by atoms with Crippen LogP contribution >= 0.6 is 0 Å². The second kappa shape index (κ2) is 3.10. The van der Waals surface area contributed by atoms with E-state index in [1.54, 1.807) is 6.07 Å². The first kappa shape index (κ1) is 8.97. The van der Waals surface area contributed by atoms with E-state index in [9.17, 15) is 9.50 Å². The fourth-order valence-electron chi connectivity index (χ4n) is 2.14. The van der Waals surface area contributed by atoms with Gasteiger partial charge in [0.15, 0.2) is 11.5 Å². The predicted octanol–water partition coefficient (Wildman–Crippen LogP) is 1.73. The van der Waals surface area contributed by atoms with Crippen molar-refractivity contribution in [3.63, 3.8) is 0 Å². The molecule has 1 aliphatic carbocycles. The Morgan fingerprint density at radius 1 is 1.27 bits per heavy atom. The first-order valence-corrected chi connectivity index (χ1v) is 5.00. The van der Waals surface area contributed by atoms with Crippen LogP contribution in [0.4, 0.5) is 4.39 Å². The lowest BCUT2D eigenvalue weighted by molar-refractivity contribution is 0.0641. The van der Waals surface area contributed by atoms with Crippen molar-refractivity contribution in [1.29, 1.82) is 0 Å². The van der Waals surface area contributed by atoms with E-state index in [1.165, 1.54) is 0 Å². The summed E-state index contributed by atoms with van der Waals surface area (Å²) in [5.41, 5.74) is 1.60. The Labute approximate surface area is 86.4 Å². The van der Waals surface area contributed by atoms with Crippen molar-refractivity contribution in [2.75, 3.05) is 6.79 Å². The lowest BCUT2D eigenvalue weighted by Gasteiger charge is -2.24. The molecule has 1 aromatic rings. The minimum Gasteiger partial charge on any atom is -0.454 e. The highest BCUT2D eigenvalue weighted by molar-refractivity contribution is 5.50. The van der Waals surface area contributed by atoms with Crippen LogP contribution in [0.5, 0.6) is 11.5 Å². The maximum absolute atomic E-state index is 13.3. The summed E-state index contributed by atoms with van der Waals surface area (Å²) in [7, 11) is 0. The number of hydrogen-bond donors (Lipinski definition) is 1. The summed E-state index contributed by atoms with van der Waals surface area (Å²) in [5.74, 6) is 1.29. The van der Waals surface area contributed by atoms with Crippen molar-refractivity contribution in [2.24, 2.45) is 0 Å². The molecule has 1 N–H and O–H groups in total. The van der Waals surface area contributed by atoms with Crippen LogP contribution in [0.3, 0.4) is 0 Å². The van der Waals surface area contributed by atoms with Gasteiger partial charge < -0.3 is 14.6 Å². The van der Waals surface area contributed by atoms with E-state index in [4.69, 9.17) is 9.47 Å². The molecule has 0 amide bonds. The molecule has 3 rings (SSSR count). The fraction of sp³-hybridized carbons (Fsp3) is 0.455. The van der Waals surface area contributed by atoms with Gasteiger partial charge in [0.05, 0.1) is 0 Å². The number of fused-ring (bicyclic) bond motifs is 2. The summed E-state index contributed by atoms with van der Waals surface area (Å²) in [6, 6.07) is 3.53. The number of hydrogen-bond acceptors (Lipinski definition) is 3. The average Bonchev–Trinajstić information content (AvgIpc) is 2.68. The number of ether oxygens (including phenoxy) is 2. The summed E-state index contributed by atoms with van der Waals surface area (Å²) in [6.45, 7) is 0.202. The van der Waals surface area contributed by atoms with Gasteiger partial charge in [0, 0.05) is 0 Å². The Kier molecular flexibility index (Phi) is 1.85. The molecule has 2 aliphatic rings. The number of benzene rings is 1. The Morgan fingerprint density at radius 3 is 2.80 bits per heavy atom. The van der Waals surface area contributed by atoms with E-state index in [0.29, 0.717) is 29.9 Å². The van der Waals surface area contributed by atoms with E-state index in [1.807, 2.05) is 6.07 Å². The molecule has 15 heavy (non-hydrogen) atoms. The second-order valence-corrected chi connectivity index (χ2v) is 3.90. The molecule has 1 heterocycles. The van der Waals surface area contributed by atoms with Gasteiger partial charge in [0.1, 0.15) is 12.3 Å². The molecule has 0 radical (unpaired) electrons. The van der Waals surface area contributed by atoms with Crippen LogP contribution in [-0.4, -0.2) is 18.1 Å². The summed E-state index contributed by atoms with van der Waals surface area (Å²) in [6.07, 6.45) is -1.18. The smallest absolute Gasteiger partial charge is 0.231 e. The second-order valence-electron chi connectivity index (χ2n) is 3.90. The third-order valence-electron chi connectivity index (χ3n) is 2.99. The van der Waals surface area contributed by atoms with Crippen molar-refractivity contribution in [3.05, 3.63) is 23.3 Å². The van der Waals surface area contributed by atoms with Crippen LogP contribution in [0, 0.1) is 0 Å². The lowest BCUT2D eigenvalue weighted by atomic mass is 9.88. The maximum atomic E-state index is 13.3. The SMILES string of the molecule is O[C@@H]1c2cc3c(cc2CC[C@H]1F)OCO3. The highest BCUT2D eigenvalue weighted by Gasteiger charge is 2.30. The van der Waals surface area contributed by atoms with Crippen molar-refractivity contribution < 1.29 is 19.0 Å². The van der Waals surface area contributed by atoms with Gasteiger partial charge in [-0.2, -0.15) is 0 Å². The molecular weight excluding hydrogens is 199 g/mol. The van der Waals surface area contributed by atoms with Crippen molar-refractivity contribution in [2.45, 2.75) is 25.1 Å². The van der Waals surface area contributed by atoms with Crippen LogP contribution in [0.2, 0.25) is 0 Å². The molecule has 0 aromatic heterocycles. The molecule has 2 atom stereocenters. The van der Waals surface area contributed by atoms with Gasteiger partial charge in [-0.15, -0.1) is 0 Å². The summed E-state index contributed by atoms with van der Waals surface area (Å²) < 4.78 is 23.7. The number of aliphatic hydroxyl groups excluding tert-OH is 1. The van der Waals surface area contributed by atoms with E-state index in [-0.39, 0.29) is 6.79 Å². The van der Waals surface area contributed by atoms with E-state index in [0.717, 1.165) is 5.56 Å². The zero-order chi connectivity index (χ0) is 10.4. The van der Waals surface area contributed by atoms with Crippen molar-refractivity contribution in [3.8, 4) is 11.5 Å². The molecule has 0 saturated heterocycles. The molecule has 0 spiro atoms. The molecule has 4 heteroatoms. The molecule has 0 unspecified atom stereocenters. The first-order valence-electron chi connectivity index (χ1n) is 5.00. The van der Waals surface area contributed by atoms with Crippen LogP contribution in [0.15, 0.2) is 12.1 Å². The summed E-state index contributed by atoms with van der Waals surface area (Å²) in [4.78, 5) is 0. The number of aryl methyl sites for hydroxylation is 1. The Hall–Kier alpha value is -1.29. The predicted molar refractivity (Wildman–Crippen MR) is 50.7 cm³/mol. The number of aliphatic hydroxyl groups is 1. The van der Waals surface area contributed by atoms with Gasteiger partial charge in [-0.05, 0) is 36.1 Å². The minimum atomic E-state index is -1.17. The third kappa shape index (κ3) is 1.28. The maximum Gasteiger partial charge on any atom is 0.231 e. The van der Waals surface area contributed by atoms with Crippen LogP contribution < -0.4 is 9.47 Å². The monoisotopic (exact) mass is 210 g/mol. The molecular formula is C11H11FO3. The van der Waals surface area contributed by atoms with Gasteiger partial charge >= 0.3 is 0 Å². The normalized spacial score (nSPS) is 27.6. The molecule has 80 valence electrons. The summed E-state index contributed by atoms with van der Waals surface area (Å²) >= 11 is 0. The average molecular weight is 210 g/mol. The zero-order valence-electron chi connectivity index (χ0n) is 8.07. The lowest BCUT2D eigenvalue weighted by Crippen LogP contribution is -2.21. The van der Waals surface area contributed by atoms with Crippen LogP contribution in [0.1, 0.15) is 23.7 Å². The molecule has 1 aromatic carbocycles. The quantitative estimate of drug-likeness (QED) is 0.708. The Balaban J connectivity index is 2.10. The van der Waals surface area contributed by atoms with Gasteiger partial charge in [-0.3, -0.25) is 0 Å². The van der Waals surface area contributed by atoms with Crippen molar-refractivity contribution in [1.82, 2.24) is 0 Å². The molecule has 0 bridgehead atoms. The standard InChI is InChI=1S/C11H11FO3/c12-8-2-1-6-3-9-10(15-5-14-9)4-7(6)11(8)13/h3-4,8,11,13H,1-2,5H2/t8-,11-/m1/s1. The van der Waals surface area contributed by atoms with Gasteiger partial charge in [-0.25, -0.2) is 4.39 Å². The van der Waals surface area contributed by atoms with E-state index >= 15 is 0 Å². The first-order chi connectivity index (χ1) is 7.25. The fourth-order valence-corrected chi connectivity index (χ4v) is 2.14. The number of alkyl halides is 1. The molecule has 0 saturated carbocycles. The topological polar surface area (TPSA) is 38.7 Å². The molecule has 0 fully saturated rings. The van der Waals surface area contributed by atoms with Crippen LogP contribution in [0.25, 0.3) is 0 Å². The van der Waals surface area contributed by atoms with Crippen LogP contribution in [-0.2, 0) is 6.42 Å². The van der Waals surface area contributed by atoms with Gasteiger partial charge in [0.25, 0.3) is 0 Å². The summed E-state index contributed by atoms with van der Waals surface area (Å²) in [5, 5.41) is 9.69. The zero-order valence-corrected chi connectivity index (χ0v) is 8.07. The molecule has 3 nitrogen and oxygen atoms in total. The minimum absolute atomic E-state index is 0.202. The third-order valence-corrected chi connectivity index (χ3v) is 2.99.